The van der Waals surface area contributed by atoms with Crippen molar-refractivity contribution in [1.82, 2.24) is 0 Å². The van der Waals surface area contributed by atoms with Crippen molar-refractivity contribution in [3.8, 4) is 6.07 Å². The minimum absolute atomic E-state index is 0.815. The first-order valence-corrected chi connectivity index (χ1v) is 4.90. The van der Waals surface area contributed by atoms with E-state index in [1.165, 1.54) is 0 Å². The smallest absolute Gasteiger partial charge is 0.180 e. The van der Waals surface area contributed by atoms with Crippen molar-refractivity contribution in [3.63, 3.8) is 0 Å². The van der Waals surface area contributed by atoms with Crippen LogP contribution in [-0.2, 0) is 0 Å². The molecular weight excluding hydrogens is 149 g/mol. The third-order valence-corrected chi connectivity index (χ3v) is 3.20. The average Bonchev–Trinajstić information content (AvgIpc) is 1.90. The molecule has 0 aromatic rings. The Balaban J connectivity index is 4.23. The molecule has 0 rings (SSSR count). The Bertz CT molecular complexity index is 153. The van der Waals surface area contributed by atoms with Crippen LogP contribution in [0.1, 0.15) is 6.92 Å². The molecule has 0 aromatic carbocycles. The molecule has 0 amide bonds. The highest BCUT2D eigenvalue weighted by atomic mass is 32.2. The van der Waals surface area contributed by atoms with Gasteiger partial charge in [-0.25, -0.2) is 0 Å². The summed E-state index contributed by atoms with van der Waals surface area (Å²) in [5.41, 5.74) is 0.815. The fourth-order valence-corrected chi connectivity index (χ4v) is 1.81. The van der Waals surface area contributed by atoms with E-state index in [2.05, 4.69) is 6.07 Å². The standard InChI is InChI=1S/C5H8BNS2/c1-4(3-7)5(8-2)9-6/h6H2,1-2H3/b5-4-. The highest BCUT2D eigenvalue weighted by Crippen LogP contribution is 2.25. The second-order valence-corrected chi connectivity index (χ2v) is 3.32. The van der Waals surface area contributed by atoms with Crippen molar-refractivity contribution in [2.45, 2.75) is 6.92 Å². The van der Waals surface area contributed by atoms with Gasteiger partial charge in [-0.1, -0.05) is 0 Å². The molecule has 0 atom stereocenters. The van der Waals surface area contributed by atoms with E-state index in [1.807, 2.05) is 20.3 Å². The predicted octanol–water partition coefficient (Wildman–Crippen LogP) is 1.39. The zero-order valence-corrected chi connectivity index (χ0v) is 7.40. The molecule has 0 aromatic heterocycles. The van der Waals surface area contributed by atoms with E-state index >= 15 is 0 Å². The first-order chi connectivity index (χ1) is 4.26. The molecule has 0 heterocycles. The van der Waals surface area contributed by atoms with Crippen molar-refractivity contribution >= 4 is 30.5 Å². The number of allylic oxidation sites excluding steroid dienone is 1. The van der Waals surface area contributed by atoms with Crippen molar-refractivity contribution in [3.05, 3.63) is 9.81 Å². The van der Waals surface area contributed by atoms with Gasteiger partial charge in [-0.05, 0) is 13.2 Å². The van der Waals surface area contributed by atoms with Crippen LogP contribution in [0.3, 0.4) is 0 Å². The number of thioether (sulfide) groups is 1. The average molecular weight is 157 g/mol. The van der Waals surface area contributed by atoms with Crippen molar-refractivity contribution < 1.29 is 0 Å². The molecule has 0 saturated heterocycles. The van der Waals surface area contributed by atoms with Gasteiger partial charge in [-0.2, -0.15) is 16.9 Å². The Kier molecular flexibility index (Phi) is 4.83. The normalized spacial score (nSPS) is 12.1. The van der Waals surface area contributed by atoms with Gasteiger partial charge in [0, 0.05) is 9.81 Å². The van der Waals surface area contributed by atoms with Crippen LogP contribution in [0.15, 0.2) is 9.81 Å². The molecule has 48 valence electrons. The minimum atomic E-state index is 0.815. The van der Waals surface area contributed by atoms with Gasteiger partial charge in [0.15, 0.2) is 7.12 Å². The fourth-order valence-electron chi connectivity index (χ4n) is 0.435. The van der Waals surface area contributed by atoms with E-state index in [4.69, 9.17) is 5.26 Å². The zero-order chi connectivity index (χ0) is 7.28. The molecule has 0 bridgehead atoms. The van der Waals surface area contributed by atoms with E-state index < -0.39 is 0 Å². The molecule has 0 fully saturated rings. The fraction of sp³-hybridized carbons (Fsp3) is 0.400. The lowest BCUT2D eigenvalue weighted by Gasteiger charge is -1.97. The highest BCUT2D eigenvalue weighted by Gasteiger charge is 1.95. The van der Waals surface area contributed by atoms with Crippen molar-refractivity contribution in [2.24, 2.45) is 0 Å². The van der Waals surface area contributed by atoms with Crippen LogP contribution < -0.4 is 0 Å². The molecule has 0 spiro atoms. The summed E-state index contributed by atoms with van der Waals surface area (Å²) in [5, 5.41) is 8.43. The lowest BCUT2D eigenvalue weighted by molar-refractivity contribution is 1.45. The van der Waals surface area contributed by atoms with Crippen LogP contribution in [-0.4, -0.2) is 13.4 Å². The summed E-state index contributed by atoms with van der Waals surface area (Å²) < 4.78 is 1.11. The van der Waals surface area contributed by atoms with Crippen molar-refractivity contribution in [1.29, 1.82) is 5.26 Å². The topological polar surface area (TPSA) is 23.8 Å². The Labute approximate surface area is 65.2 Å². The summed E-state index contributed by atoms with van der Waals surface area (Å²) in [4.78, 5) is 0. The summed E-state index contributed by atoms with van der Waals surface area (Å²) in [6, 6.07) is 2.10. The molecular formula is C5H8BNS2. The molecule has 4 heteroatoms. The lowest BCUT2D eigenvalue weighted by Crippen LogP contribution is -1.73. The first-order valence-electron chi connectivity index (χ1n) is 2.45. The van der Waals surface area contributed by atoms with Crippen LogP contribution in [0, 0.1) is 11.3 Å². The quantitative estimate of drug-likeness (QED) is 0.447. The van der Waals surface area contributed by atoms with Gasteiger partial charge in [0.2, 0.25) is 0 Å². The Morgan fingerprint density at radius 1 is 1.67 bits per heavy atom. The van der Waals surface area contributed by atoms with E-state index in [1.54, 1.807) is 23.4 Å². The Morgan fingerprint density at radius 2 is 2.22 bits per heavy atom. The number of hydrogen-bond acceptors (Lipinski definition) is 3. The van der Waals surface area contributed by atoms with E-state index in [9.17, 15) is 0 Å². The maximum Gasteiger partial charge on any atom is 0.180 e. The minimum Gasteiger partial charge on any atom is -0.193 e. The molecule has 9 heavy (non-hydrogen) atoms. The lowest BCUT2D eigenvalue weighted by atomic mass is 10.4. The summed E-state index contributed by atoms with van der Waals surface area (Å²) in [7, 11) is 1.98. The maximum atomic E-state index is 8.43. The Morgan fingerprint density at radius 3 is 2.33 bits per heavy atom. The molecule has 0 aliphatic carbocycles. The highest BCUT2D eigenvalue weighted by molar-refractivity contribution is 8.33. The van der Waals surface area contributed by atoms with Crippen molar-refractivity contribution in [2.75, 3.05) is 6.26 Å². The number of hydrogen-bond donors (Lipinski definition) is 0. The number of nitrogens with zero attached hydrogens (tertiary/aromatic N) is 1. The van der Waals surface area contributed by atoms with Gasteiger partial charge < -0.3 is 0 Å². The summed E-state index contributed by atoms with van der Waals surface area (Å²) in [6.45, 7) is 1.84. The third kappa shape index (κ3) is 2.88. The molecule has 0 saturated carbocycles. The number of rotatable bonds is 2. The zero-order valence-electron chi connectivity index (χ0n) is 5.76. The van der Waals surface area contributed by atoms with E-state index in [-0.39, 0.29) is 0 Å². The van der Waals surface area contributed by atoms with Gasteiger partial charge >= 0.3 is 0 Å². The first kappa shape index (κ1) is 8.99. The van der Waals surface area contributed by atoms with Gasteiger partial charge in [0.05, 0.1) is 6.07 Å². The molecule has 0 unspecified atom stereocenters. The van der Waals surface area contributed by atoms with Crippen LogP contribution in [0.4, 0.5) is 0 Å². The molecule has 0 N–H and O–H groups in total. The second-order valence-electron chi connectivity index (χ2n) is 1.43. The van der Waals surface area contributed by atoms with E-state index in [0.29, 0.717) is 0 Å². The SMILES string of the molecule is BS/C(SC)=C(/C)C#N. The van der Waals surface area contributed by atoms with E-state index in [0.717, 1.165) is 9.81 Å². The van der Waals surface area contributed by atoms with Gasteiger partial charge in [0.25, 0.3) is 0 Å². The Hall–Kier alpha value is -0.00506. The summed E-state index contributed by atoms with van der Waals surface area (Å²) >= 11 is 3.25. The predicted molar refractivity (Wildman–Crippen MR) is 48.0 cm³/mol. The molecule has 0 radical (unpaired) electrons. The van der Waals surface area contributed by atoms with Crippen LogP contribution in [0.5, 0.6) is 0 Å². The van der Waals surface area contributed by atoms with Gasteiger partial charge in [-0.3, -0.25) is 0 Å². The molecule has 1 nitrogen and oxygen atoms in total. The summed E-state index contributed by atoms with van der Waals surface area (Å²) in [6.07, 6.45) is 1.98. The monoisotopic (exact) mass is 157 g/mol. The second kappa shape index (κ2) is 4.83. The maximum absolute atomic E-state index is 8.43. The largest absolute Gasteiger partial charge is 0.193 e. The molecule has 0 aliphatic rings. The molecule has 0 aliphatic heterocycles. The summed E-state index contributed by atoms with van der Waals surface area (Å²) in [5.74, 6) is 0. The van der Waals surface area contributed by atoms with Gasteiger partial charge in [0.1, 0.15) is 0 Å². The van der Waals surface area contributed by atoms with Crippen LogP contribution in [0.25, 0.3) is 0 Å². The van der Waals surface area contributed by atoms with Gasteiger partial charge in [-0.15, -0.1) is 11.8 Å². The third-order valence-electron chi connectivity index (χ3n) is 0.845. The number of nitriles is 1. The van der Waals surface area contributed by atoms with Crippen LogP contribution in [0.2, 0.25) is 0 Å². The van der Waals surface area contributed by atoms with Crippen LogP contribution >= 0.6 is 23.4 Å².